The molecule has 1 saturated heterocycles. The van der Waals surface area contributed by atoms with Crippen LogP contribution in [-0.2, 0) is 0 Å². The van der Waals surface area contributed by atoms with Crippen LogP contribution >= 0.6 is 12.4 Å². The Labute approximate surface area is 131 Å². The molecule has 1 heterocycles. The molecule has 4 heteroatoms. The summed E-state index contributed by atoms with van der Waals surface area (Å²) in [6, 6.07) is 14.7. The zero-order chi connectivity index (χ0) is 14.1. The summed E-state index contributed by atoms with van der Waals surface area (Å²) in [5.41, 5.74) is 0.782. The first-order valence-corrected chi connectivity index (χ1v) is 7.18. The number of rotatable bonds is 1. The van der Waals surface area contributed by atoms with Gasteiger partial charge < -0.3 is 10.2 Å². The largest absolute Gasteiger partial charge is 0.333 e. The van der Waals surface area contributed by atoms with Crippen LogP contribution in [0, 0.1) is 0 Å². The molecule has 3 rings (SSSR count). The molecule has 1 fully saturated rings. The van der Waals surface area contributed by atoms with Gasteiger partial charge in [-0.05, 0) is 36.8 Å². The van der Waals surface area contributed by atoms with E-state index in [1.807, 2.05) is 35.2 Å². The van der Waals surface area contributed by atoms with Gasteiger partial charge in [0.25, 0.3) is 5.91 Å². The second kappa shape index (κ2) is 6.46. The van der Waals surface area contributed by atoms with Crippen LogP contribution in [0.25, 0.3) is 10.8 Å². The molecule has 0 saturated carbocycles. The van der Waals surface area contributed by atoms with Gasteiger partial charge in [-0.3, -0.25) is 4.79 Å². The Morgan fingerprint density at radius 3 is 2.62 bits per heavy atom. The van der Waals surface area contributed by atoms with Crippen molar-refractivity contribution >= 4 is 29.1 Å². The van der Waals surface area contributed by atoms with Crippen LogP contribution in [-0.4, -0.2) is 36.0 Å². The number of nitrogens with zero attached hydrogens (tertiary/aromatic N) is 1. The fourth-order valence-electron chi connectivity index (χ4n) is 2.79. The Morgan fingerprint density at radius 2 is 1.86 bits per heavy atom. The summed E-state index contributed by atoms with van der Waals surface area (Å²) < 4.78 is 0. The second-order valence-electron chi connectivity index (χ2n) is 5.68. The van der Waals surface area contributed by atoms with E-state index in [0.29, 0.717) is 6.04 Å². The molecule has 1 aliphatic rings. The van der Waals surface area contributed by atoms with E-state index in [0.717, 1.165) is 24.0 Å². The Hall–Kier alpha value is -1.58. The van der Waals surface area contributed by atoms with Gasteiger partial charge in [-0.2, -0.15) is 0 Å². The van der Waals surface area contributed by atoms with Gasteiger partial charge in [-0.15, -0.1) is 12.4 Å². The van der Waals surface area contributed by atoms with Crippen LogP contribution < -0.4 is 5.32 Å². The summed E-state index contributed by atoms with van der Waals surface area (Å²) in [7, 11) is 0. The summed E-state index contributed by atoms with van der Waals surface area (Å²) in [6.45, 7) is 5.84. The minimum atomic E-state index is 0. The highest BCUT2D eigenvalue weighted by Crippen LogP contribution is 2.18. The second-order valence-corrected chi connectivity index (χ2v) is 5.68. The van der Waals surface area contributed by atoms with Crippen molar-refractivity contribution in [2.24, 2.45) is 0 Å². The number of hydrogen-bond acceptors (Lipinski definition) is 2. The molecule has 2 aromatic rings. The van der Waals surface area contributed by atoms with E-state index in [-0.39, 0.29) is 24.4 Å². The van der Waals surface area contributed by atoms with Crippen LogP contribution in [0.5, 0.6) is 0 Å². The molecule has 21 heavy (non-hydrogen) atoms. The van der Waals surface area contributed by atoms with Crippen LogP contribution in [0.15, 0.2) is 42.5 Å². The number of halogens is 1. The molecule has 0 spiro atoms. The molecule has 112 valence electrons. The predicted molar refractivity (Wildman–Crippen MR) is 89.2 cm³/mol. The predicted octanol–water partition coefficient (Wildman–Crippen LogP) is 3.08. The number of amides is 1. The first kappa shape index (κ1) is 15.8. The van der Waals surface area contributed by atoms with Gasteiger partial charge in [0.1, 0.15) is 0 Å². The average Bonchev–Trinajstić information content (AvgIpc) is 2.48. The fourth-order valence-corrected chi connectivity index (χ4v) is 2.79. The van der Waals surface area contributed by atoms with Gasteiger partial charge in [0.05, 0.1) is 0 Å². The maximum absolute atomic E-state index is 12.7. The highest BCUT2D eigenvalue weighted by Gasteiger charge is 2.27. The molecule has 1 aliphatic heterocycles. The first-order valence-electron chi connectivity index (χ1n) is 7.18. The lowest BCUT2D eigenvalue weighted by molar-refractivity contribution is 0.0616. The number of fused-ring (bicyclic) bond motifs is 1. The Kier molecular flexibility index (Phi) is 4.86. The molecule has 0 bridgehead atoms. The lowest BCUT2D eigenvalue weighted by Gasteiger charge is -2.37. The number of hydrogen-bond donors (Lipinski definition) is 1. The molecular formula is C17H21ClN2O. The fraction of sp³-hybridized carbons (Fsp3) is 0.353. The van der Waals surface area contributed by atoms with Gasteiger partial charge in [0, 0.05) is 30.7 Å². The van der Waals surface area contributed by atoms with E-state index in [1.165, 1.54) is 5.39 Å². The third-order valence-corrected chi connectivity index (χ3v) is 4.02. The number of nitrogens with one attached hydrogen (secondary N) is 1. The first-order chi connectivity index (χ1) is 9.65. The Morgan fingerprint density at radius 1 is 1.14 bits per heavy atom. The summed E-state index contributed by atoms with van der Waals surface area (Å²) in [4.78, 5) is 14.7. The molecule has 0 aliphatic carbocycles. The zero-order valence-electron chi connectivity index (χ0n) is 12.4. The van der Waals surface area contributed by atoms with Crippen molar-refractivity contribution in [2.75, 3.05) is 13.1 Å². The van der Waals surface area contributed by atoms with Gasteiger partial charge in [0.2, 0.25) is 0 Å². The quantitative estimate of drug-likeness (QED) is 0.878. The van der Waals surface area contributed by atoms with Crippen LogP contribution in [0.4, 0.5) is 0 Å². The maximum atomic E-state index is 12.7. The third-order valence-electron chi connectivity index (χ3n) is 4.02. The average molecular weight is 305 g/mol. The lowest BCUT2D eigenvalue weighted by Crippen LogP contribution is -2.56. The van der Waals surface area contributed by atoms with E-state index in [1.54, 1.807) is 0 Å². The summed E-state index contributed by atoms with van der Waals surface area (Å²) in [6.07, 6.45) is 0. The Bertz CT molecular complexity index is 643. The van der Waals surface area contributed by atoms with Crippen LogP contribution in [0.2, 0.25) is 0 Å². The third kappa shape index (κ3) is 3.20. The summed E-state index contributed by atoms with van der Waals surface area (Å²) in [5.74, 6) is 0.136. The monoisotopic (exact) mass is 304 g/mol. The van der Waals surface area contributed by atoms with Crippen molar-refractivity contribution < 1.29 is 4.79 Å². The minimum absolute atomic E-state index is 0. The van der Waals surface area contributed by atoms with Gasteiger partial charge in [-0.25, -0.2) is 0 Å². The summed E-state index contributed by atoms with van der Waals surface area (Å²) in [5, 5.41) is 5.70. The summed E-state index contributed by atoms with van der Waals surface area (Å²) >= 11 is 0. The molecule has 3 nitrogen and oxygen atoms in total. The molecule has 0 radical (unpaired) electrons. The number of piperazine rings is 1. The molecule has 0 aromatic heterocycles. The number of carbonyl (C=O) groups excluding carboxylic acids is 1. The minimum Gasteiger partial charge on any atom is -0.333 e. The van der Waals surface area contributed by atoms with Gasteiger partial charge in [-0.1, -0.05) is 30.3 Å². The molecular weight excluding hydrogens is 284 g/mol. The van der Waals surface area contributed by atoms with Crippen molar-refractivity contribution in [1.82, 2.24) is 10.2 Å². The van der Waals surface area contributed by atoms with Crippen molar-refractivity contribution in [3.8, 4) is 0 Å². The van der Waals surface area contributed by atoms with E-state index in [9.17, 15) is 4.79 Å². The standard InChI is InChI=1S/C17H20N2O.ClH/c1-12-11-19(13(2)10-18-12)17(20)16-8-7-14-5-3-4-6-15(14)9-16;/h3-9,12-13,18H,10-11H2,1-2H3;1H. The molecule has 2 atom stereocenters. The van der Waals surface area contributed by atoms with E-state index in [4.69, 9.17) is 0 Å². The van der Waals surface area contributed by atoms with Gasteiger partial charge in [0.15, 0.2) is 0 Å². The number of benzene rings is 2. The zero-order valence-corrected chi connectivity index (χ0v) is 13.2. The number of carbonyl (C=O) groups is 1. The normalized spacial score (nSPS) is 21.9. The van der Waals surface area contributed by atoms with Crippen LogP contribution in [0.3, 0.4) is 0 Å². The van der Waals surface area contributed by atoms with Crippen molar-refractivity contribution in [3.63, 3.8) is 0 Å². The van der Waals surface area contributed by atoms with E-state index >= 15 is 0 Å². The Balaban J connectivity index is 0.00000161. The highest BCUT2D eigenvalue weighted by atomic mass is 35.5. The van der Waals surface area contributed by atoms with E-state index in [2.05, 4.69) is 31.3 Å². The molecule has 2 unspecified atom stereocenters. The molecule has 2 aromatic carbocycles. The van der Waals surface area contributed by atoms with Crippen molar-refractivity contribution in [2.45, 2.75) is 25.9 Å². The van der Waals surface area contributed by atoms with Crippen molar-refractivity contribution in [3.05, 3.63) is 48.0 Å². The van der Waals surface area contributed by atoms with Crippen molar-refractivity contribution in [1.29, 1.82) is 0 Å². The van der Waals surface area contributed by atoms with E-state index < -0.39 is 0 Å². The molecule has 1 amide bonds. The lowest BCUT2D eigenvalue weighted by atomic mass is 10.0. The topological polar surface area (TPSA) is 32.3 Å². The van der Waals surface area contributed by atoms with Crippen LogP contribution in [0.1, 0.15) is 24.2 Å². The van der Waals surface area contributed by atoms with Gasteiger partial charge >= 0.3 is 0 Å². The molecule has 1 N–H and O–H groups in total. The maximum Gasteiger partial charge on any atom is 0.254 e. The smallest absolute Gasteiger partial charge is 0.254 e. The highest BCUT2D eigenvalue weighted by molar-refractivity contribution is 5.98. The SMILES string of the molecule is CC1CN(C(=O)c2ccc3ccccc3c2)C(C)CN1.Cl.